The Labute approximate surface area is 135 Å². The van der Waals surface area contributed by atoms with E-state index in [1.807, 2.05) is 28.8 Å². The largest absolute Gasteiger partial charge is 0.511 e. The van der Waals surface area contributed by atoms with Gasteiger partial charge in [0.1, 0.15) is 5.65 Å². The van der Waals surface area contributed by atoms with Crippen LogP contribution in [0.1, 0.15) is 12.8 Å². The Morgan fingerprint density at radius 1 is 1.22 bits per heavy atom. The van der Waals surface area contributed by atoms with Crippen molar-refractivity contribution in [3.8, 4) is 0 Å². The Morgan fingerprint density at radius 3 is 2.57 bits per heavy atom. The molecule has 2 aromatic rings. The summed E-state index contributed by atoms with van der Waals surface area (Å²) in [5.74, 6) is 0. The van der Waals surface area contributed by atoms with Crippen LogP contribution in [-0.4, -0.2) is 46.0 Å². The summed E-state index contributed by atoms with van der Waals surface area (Å²) in [5, 5.41) is 1.01. The van der Waals surface area contributed by atoms with Crippen LogP contribution in [0.5, 0.6) is 0 Å². The van der Waals surface area contributed by atoms with Gasteiger partial charge in [0.25, 0.3) is 0 Å². The zero-order valence-corrected chi connectivity index (χ0v) is 13.5. The molecule has 3 rings (SSSR count). The van der Waals surface area contributed by atoms with E-state index in [2.05, 4.69) is 4.98 Å². The van der Waals surface area contributed by atoms with E-state index < -0.39 is 15.5 Å². The molecule has 0 amide bonds. The Kier molecular flexibility index (Phi) is 4.32. The lowest BCUT2D eigenvalue weighted by molar-refractivity contribution is -0.0493. The number of nitrogens with zero attached hydrogens (tertiary/aromatic N) is 3. The molecule has 0 aliphatic carbocycles. The number of sulfonamides is 1. The maximum absolute atomic E-state index is 12.6. The molecule has 23 heavy (non-hydrogen) atoms. The van der Waals surface area contributed by atoms with Crippen molar-refractivity contribution in [1.82, 2.24) is 13.7 Å². The minimum absolute atomic E-state index is 0.0719. The molecular formula is C13H14F3N3O2S2. The SMILES string of the molecule is O=S(=O)(N1CCC(Sc2cccc3nccn23)CC1)C(F)(F)F. The van der Waals surface area contributed by atoms with Crippen LogP contribution >= 0.6 is 11.8 Å². The summed E-state index contributed by atoms with van der Waals surface area (Å²) in [6.45, 7) is -0.223. The van der Waals surface area contributed by atoms with Crippen LogP contribution in [0, 0.1) is 0 Å². The molecule has 0 radical (unpaired) electrons. The van der Waals surface area contributed by atoms with E-state index in [0.717, 1.165) is 10.7 Å². The fraction of sp³-hybridized carbons (Fsp3) is 0.462. The number of alkyl halides is 3. The van der Waals surface area contributed by atoms with E-state index in [0.29, 0.717) is 17.1 Å². The number of hydrogen-bond donors (Lipinski definition) is 0. The average molecular weight is 365 g/mol. The molecule has 0 unspecified atom stereocenters. The Balaban J connectivity index is 1.67. The van der Waals surface area contributed by atoms with E-state index >= 15 is 0 Å². The first-order valence-corrected chi connectivity index (χ1v) is 9.26. The number of imidazole rings is 1. The molecule has 126 valence electrons. The molecule has 0 bridgehead atoms. The van der Waals surface area contributed by atoms with E-state index in [4.69, 9.17) is 0 Å². The van der Waals surface area contributed by atoms with Gasteiger partial charge in [0.05, 0.1) is 5.03 Å². The first-order chi connectivity index (χ1) is 10.8. The zero-order chi connectivity index (χ0) is 16.7. The van der Waals surface area contributed by atoms with Crippen molar-refractivity contribution in [3.05, 3.63) is 30.6 Å². The van der Waals surface area contributed by atoms with Gasteiger partial charge in [-0.15, -0.1) is 11.8 Å². The maximum Gasteiger partial charge on any atom is 0.511 e. The fourth-order valence-electron chi connectivity index (χ4n) is 2.52. The quantitative estimate of drug-likeness (QED) is 0.839. The molecule has 5 nitrogen and oxygen atoms in total. The van der Waals surface area contributed by atoms with Crippen LogP contribution < -0.4 is 0 Å². The summed E-state index contributed by atoms with van der Waals surface area (Å²) in [6, 6.07) is 5.65. The second-order valence-corrected chi connectivity index (χ2v) is 8.44. The first kappa shape index (κ1) is 16.6. The first-order valence-electron chi connectivity index (χ1n) is 6.94. The van der Waals surface area contributed by atoms with Gasteiger partial charge >= 0.3 is 15.5 Å². The van der Waals surface area contributed by atoms with Crippen molar-refractivity contribution in [3.63, 3.8) is 0 Å². The Bertz CT molecular complexity index is 796. The number of rotatable bonds is 3. The van der Waals surface area contributed by atoms with Crippen molar-refractivity contribution in [2.45, 2.75) is 28.6 Å². The van der Waals surface area contributed by atoms with E-state index in [1.54, 1.807) is 6.20 Å². The van der Waals surface area contributed by atoms with Crippen molar-refractivity contribution >= 4 is 27.4 Å². The molecule has 0 aromatic carbocycles. The third-order valence-electron chi connectivity index (χ3n) is 3.71. The fourth-order valence-corrected chi connectivity index (χ4v) is 4.72. The van der Waals surface area contributed by atoms with E-state index in [9.17, 15) is 21.6 Å². The number of thioether (sulfide) groups is 1. The highest BCUT2D eigenvalue weighted by atomic mass is 32.2. The summed E-state index contributed by atoms with van der Waals surface area (Å²) in [5.41, 5.74) is -4.43. The van der Waals surface area contributed by atoms with Gasteiger partial charge in [0.2, 0.25) is 0 Å². The van der Waals surface area contributed by atoms with Gasteiger partial charge in [-0.3, -0.25) is 4.40 Å². The molecule has 1 aliphatic rings. The van der Waals surface area contributed by atoms with Gasteiger partial charge in [0, 0.05) is 30.7 Å². The molecule has 0 atom stereocenters. The molecular weight excluding hydrogens is 351 g/mol. The Hall–Kier alpha value is -1.26. The number of pyridine rings is 1. The summed E-state index contributed by atoms with van der Waals surface area (Å²) >= 11 is 1.54. The van der Waals surface area contributed by atoms with Crippen LogP contribution in [0.15, 0.2) is 35.6 Å². The molecule has 3 heterocycles. The maximum atomic E-state index is 12.6. The van der Waals surface area contributed by atoms with Crippen molar-refractivity contribution in [2.75, 3.05) is 13.1 Å². The van der Waals surface area contributed by atoms with Gasteiger partial charge in [-0.05, 0) is 25.0 Å². The van der Waals surface area contributed by atoms with Crippen LogP contribution in [0.2, 0.25) is 0 Å². The highest BCUT2D eigenvalue weighted by Gasteiger charge is 2.50. The molecule has 1 fully saturated rings. The highest BCUT2D eigenvalue weighted by molar-refractivity contribution is 7.99. The molecule has 2 aromatic heterocycles. The monoisotopic (exact) mass is 365 g/mol. The third-order valence-corrected chi connectivity index (χ3v) is 6.72. The van der Waals surface area contributed by atoms with E-state index in [-0.39, 0.29) is 18.3 Å². The van der Waals surface area contributed by atoms with Crippen LogP contribution in [0.25, 0.3) is 5.65 Å². The second-order valence-electron chi connectivity index (χ2n) is 5.19. The lowest BCUT2D eigenvalue weighted by Crippen LogP contribution is -2.45. The van der Waals surface area contributed by atoms with Gasteiger partial charge < -0.3 is 0 Å². The van der Waals surface area contributed by atoms with Gasteiger partial charge in [-0.2, -0.15) is 17.5 Å². The van der Waals surface area contributed by atoms with Gasteiger partial charge in [-0.1, -0.05) is 6.07 Å². The predicted octanol–water partition coefficient (Wildman–Crippen LogP) is 2.74. The summed E-state index contributed by atoms with van der Waals surface area (Å²) in [4.78, 5) is 4.18. The Morgan fingerprint density at radius 2 is 1.91 bits per heavy atom. The third kappa shape index (κ3) is 3.20. The smallest absolute Gasteiger partial charge is 0.294 e. The summed E-state index contributed by atoms with van der Waals surface area (Å²) < 4.78 is 62.9. The molecule has 10 heteroatoms. The van der Waals surface area contributed by atoms with Gasteiger partial charge in [0.15, 0.2) is 0 Å². The number of halogens is 3. The minimum Gasteiger partial charge on any atom is -0.294 e. The topological polar surface area (TPSA) is 54.7 Å². The number of fused-ring (bicyclic) bond motifs is 1. The van der Waals surface area contributed by atoms with E-state index in [1.165, 1.54) is 11.8 Å². The van der Waals surface area contributed by atoms with Crippen LogP contribution in [0.4, 0.5) is 13.2 Å². The van der Waals surface area contributed by atoms with Crippen LogP contribution in [-0.2, 0) is 10.0 Å². The summed E-state index contributed by atoms with van der Waals surface area (Å²) in [7, 11) is -5.21. The normalized spacial score (nSPS) is 18.6. The molecule has 0 saturated carbocycles. The van der Waals surface area contributed by atoms with Crippen LogP contribution in [0.3, 0.4) is 0 Å². The second kappa shape index (κ2) is 5.99. The average Bonchev–Trinajstić information content (AvgIpc) is 2.96. The number of aromatic nitrogens is 2. The van der Waals surface area contributed by atoms with Crippen molar-refractivity contribution in [2.24, 2.45) is 0 Å². The number of hydrogen-bond acceptors (Lipinski definition) is 4. The molecule has 1 saturated heterocycles. The highest BCUT2D eigenvalue weighted by Crippen LogP contribution is 2.34. The van der Waals surface area contributed by atoms with Gasteiger partial charge in [-0.25, -0.2) is 13.4 Å². The zero-order valence-electron chi connectivity index (χ0n) is 11.9. The standard InChI is InChI=1S/C13H14F3N3O2S2/c14-13(15,16)23(20,21)18-7-4-10(5-8-18)22-12-3-1-2-11-17-6-9-19(11)12/h1-3,6,9-10H,4-5,7-8H2. The lowest BCUT2D eigenvalue weighted by atomic mass is 10.2. The number of piperidine rings is 1. The lowest BCUT2D eigenvalue weighted by Gasteiger charge is -2.31. The minimum atomic E-state index is -5.23. The van der Waals surface area contributed by atoms with Crippen molar-refractivity contribution < 1.29 is 21.6 Å². The molecule has 0 N–H and O–H groups in total. The van der Waals surface area contributed by atoms with Crippen molar-refractivity contribution in [1.29, 1.82) is 0 Å². The predicted molar refractivity (Wildman–Crippen MR) is 80.6 cm³/mol. The summed E-state index contributed by atoms with van der Waals surface area (Å²) in [6.07, 6.45) is 4.26. The molecule has 1 aliphatic heterocycles. The molecule has 0 spiro atoms.